The smallest absolute Gasteiger partial charge is 0.305 e. The minimum Gasteiger partial charge on any atom is -0.347 e. The summed E-state index contributed by atoms with van der Waals surface area (Å²) in [5.74, 6) is -3.87. The van der Waals surface area contributed by atoms with E-state index in [0.29, 0.717) is 12.1 Å². The van der Waals surface area contributed by atoms with E-state index in [0.717, 1.165) is 0 Å². The van der Waals surface area contributed by atoms with Crippen LogP contribution in [0.5, 0.6) is 0 Å². The highest BCUT2D eigenvalue weighted by Gasteiger charge is 2.25. The number of nitrogens with one attached hydrogen (secondary N) is 1. The van der Waals surface area contributed by atoms with Crippen LogP contribution in [0.25, 0.3) is 0 Å². The van der Waals surface area contributed by atoms with E-state index in [-0.39, 0.29) is 11.6 Å². The van der Waals surface area contributed by atoms with E-state index < -0.39 is 33.7 Å². The van der Waals surface area contributed by atoms with Crippen LogP contribution in [0.4, 0.5) is 14.5 Å². The Hall–Kier alpha value is -2.02. The van der Waals surface area contributed by atoms with Crippen molar-refractivity contribution in [3.8, 4) is 0 Å². The summed E-state index contributed by atoms with van der Waals surface area (Å²) in [6.07, 6.45) is 0. The average Bonchev–Trinajstić information content (AvgIpc) is 2.25. The molecular formula is C10H7ClF2N2O3. The van der Waals surface area contributed by atoms with Gasteiger partial charge in [0.25, 0.3) is 5.91 Å². The normalized spacial score (nSPS) is 9.94. The van der Waals surface area contributed by atoms with Crippen LogP contribution in [0.3, 0.4) is 0 Å². The van der Waals surface area contributed by atoms with Crippen LogP contribution in [0.2, 0.25) is 0 Å². The van der Waals surface area contributed by atoms with Gasteiger partial charge < -0.3 is 5.32 Å². The minimum atomic E-state index is -1.53. The molecule has 0 aliphatic rings. The van der Waals surface area contributed by atoms with Crippen molar-refractivity contribution in [2.24, 2.45) is 0 Å². The van der Waals surface area contributed by atoms with Gasteiger partial charge in [-0.25, -0.2) is 4.39 Å². The summed E-state index contributed by atoms with van der Waals surface area (Å²) in [7, 11) is 0. The van der Waals surface area contributed by atoms with Gasteiger partial charge in [0.15, 0.2) is 0 Å². The topological polar surface area (TPSA) is 72.2 Å². The second-order valence-corrected chi connectivity index (χ2v) is 3.75. The second-order valence-electron chi connectivity index (χ2n) is 3.21. The quantitative estimate of drug-likeness (QED) is 0.678. The summed E-state index contributed by atoms with van der Waals surface area (Å²) in [5.41, 5.74) is -2.01. The zero-order valence-electron chi connectivity index (χ0n) is 8.87. The fourth-order valence-corrected chi connectivity index (χ4v) is 1.22. The summed E-state index contributed by atoms with van der Waals surface area (Å²) in [6.45, 7) is 3.06. The monoisotopic (exact) mass is 276 g/mol. The molecule has 1 rings (SSSR count). The fraction of sp³-hybridized carbons (Fsp3) is 0.100. The summed E-state index contributed by atoms with van der Waals surface area (Å²) in [5, 5.41) is 12.6. The van der Waals surface area contributed by atoms with Gasteiger partial charge in [-0.1, -0.05) is 18.2 Å². The molecule has 5 nitrogen and oxygen atoms in total. The predicted molar refractivity (Wildman–Crippen MR) is 60.3 cm³/mol. The number of halogens is 3. The summed E-state index contributed by atoms with van der Waals surface area (Å²) >= 11 is 5.37. The van der Waals surface area contributed by atoms with Crippen molar-refractivity contribution in [3.05, 3.63) is 51.1 Å². The largest absolute Gasteiger partial charge is 0.347 e. The maximum Gasteiger partial charge on any atom is 0.305 e. The van der Waals surface area contributed by atoms with Crippen LogP contribution in [-0.4, -0.2) is 17.4 Å². The number of hydrogen-bond acceptors (Lipinski definition) is 3. The van der Waals surface area contributed by atoms with Crippen LogP contribution in [0, 0.1) is 21.7 Å². The van der Waals surface area contributed by atoms with Crippen molar-refractivity contribution in [1.29, 1.82) is 0 Å². The molecule has 0 radical (unpaired) electrons. The molecule has 1 N–H and O–H groups in total. The molecule has 0 heterocycles. The van der Waals surface area contributed by atoms with E-state index >= 15 is 0 Å². The number of rotatable bonds is 4. The van der Waals surface area contributed by atoms with Gasteiger partial charge in [0.2, 0.25) is 5.82 Å². The van der Waals surface area contributed by atoms with Gasteiger partial charge in [-0.2, -0.15) is 4.39 Å². The second kappa shape index (κ2) is 5.54. The lowest BCUT2D eigenvalue weighted by Crippen LogP contribution is -2.26. The highest BCUT2D eigenvalue weighted by atomic mass is 35.5. The Balaban J connectivity index is 3.14. The van der Waals surface area contributed by atoms with Crippen LogP contribution < -0.4 is 5.32 Å². The number of carbonyl (C=O) groups excluding carboxylic acids is 1. The van der Waals surface area contributed by atoms with Gasteiger partial charge in [0, 0.05) is 11.1 Å². The lowest BCUT2D eigenvalue weighted by atomic mass is 10.1. The maximum atomic E-state index is 13.6. The summed E-state index contributed by atoms with van der Waals surface area (Å²) < 4.78 is 26.9. The van der Waals surface area contributed by atoms with Crippen molar-refractivity contribution in [1.82, 2.24) is 5.32 Å². The molecule has 1 aromatic carbocycles. The standard InChI is InChI=1S/C10H7ClF2N2O3/c1-5(11)4-14-10(16)8-6(12)2-3-7(9(8)13)15(17)18/h2-3H,1,4H2,(H,14,16). The van der Waals surface area contributed by atoms with Crippen molar-refractivity contribution < 1.29 is 18.5 Å². The fourth-order valence-electron chi connectivity index (χ4n) is 1.16. The average molecular weight is 277 g/mol. The Morgan fingerprint density at radius 1 is 1.50 bits per heavy atom. The lowest BCUT2D eigenvalue weighted by Gasteiger charge is -2.06. The first-order valence-electron chi connectivity index (χ1n) is 4.58. The third kappa shape index (κ3) is 3.01. The van der Waals surface area contributed by atoms with Gasteiger partial charge in [0.1, 0.15) is 11.4 Å². The Morgan fingerprint density at radius 3 is 2.61 bits per heavy atom. The molecule has 0 saturated heterocycles. The van der Waals surface area contributed by atoms with Crippen molar-refractivity contribution >= 4 is 23.2 Å². The molecule has 0 aliphatic carbocycles. The van der Waals surface area contributed by atoms with Crippen molar-refractivity contribution in [2.45, 2.75) is 0 Å². The third-order valence-corrected chi connectivity index (χ3v) is 2.07. The number of carbonyl (C=O) groups is 1. The predicted octanol–water partition coefficient (Wildman–Crippen LogP) is 2.36. The number of nitro groups is 1. The molecule has 96 valence electrons. The zero-order valence-corrected chi connectivity index (χ0v) is 9.63. The van der Waals surface area contributed by atoms with Gasteiger partial charge >= 0.3 is 5.69 Å². The molecule has 0 unspecified atom stereocenters. The SMILES string of the molecule is C=C(Cl)CNC(=O)c1c(F)ccc([N+](=O)[O-])c1F. The Labute approximate surface area is 105 Å². The van der Waals surface area contributed by atoms with Crippen LogP contribution >= 0.6 is 11.6 Å². The van der Waals surface area contributed by atoms with E-state index in [2.05, 4.69) is 11.9 Å². The zero-order chi connectivity index (χ0) is 13.9. The molecular weight excluding hydrogens is 270 g/mol. The lowest BCUT2D eigenvalue weighted by molar-refractivity contribution is -0.387. The number of nitrogens with zero attached hydrogens (tertiary/aromatic N) is 1. The number of benzene rings is 1. The molecule has 0 aliphatic heterocycles. The highest BCUT2D eigenvalue weighted by Crippen LogP contribution is 2.22. The van der Waals surface area contributed by atoms with E-state index in [1.54, 1.807) is 0 Å². The molecule has 1 amide bonds. The van der Waals surface area contributed by atoms with E-state index in [1.165, 1.54) is 0 Å². The molecule has 0 atom stereocenters. The Morgan fingerprint density at radius 2 is 2.11 bits per heavy atom. The van der Waals surface area contributed by atoms with E-state index in [9.17, 15) is 23.7 Å². The van der Waals surface area contributed by atoms with Crippen LogP contribution in [-0.2, 0) is 0 Å². The maximum absolute atomic E-state index is 13.6. The number of nitro benzene ring substituents is 1. The van der Waals surface area contributed by atoms with Gasteiger partial charge in [-0.3, -0.25) is 14.9 Å². The molecule has 0 bridgehead atoms. The first kappa shape index (κ1) is 14.0. The highest BCUT2D eigenvalue weighted by molar-refractivity contribution is 6.29. The summed E-state index contributed by atoms with van der Waals surface area (Å²) in [4.78, 5) is 20.9. The third-order valence-electron chi connectivity index (χ3n) is 1.94. The summed E-state index contributed by atoms with van der Waals surface area (Å²) in [6, 6.07) is 1.29. The van der Waals surface area contributed by atoms with Crippen LogP contribution in [0.1, 0.15) is 10.4 Å². The van der Waals surface area contributed by atoms with Gasteiger partial charge in [0.05, 0.1) is 11.5 Å². The van der Waals surface area contributed by atoms with Crippen LogP contribution in [0.15, 0.2) is 23.7 Å². The first-order chi connectivity index (χ1) is 8.34. The molecule has 18 heavy (non-hydrogen) atoms. The van der Waals surface area contributed by atoms with Crippen molar-refractivity contribution in [3.63, 3.8) is 0 Å². The molecule has 1 aromatic rings. The molecule has 0 fully saturated rings. The van der Waals surface area contributed by atoms with Gasteiger partial charge in [-0.05, 0) is 6.07 Å². The minimum absolute atomic E-state index is 0.0506. The first-order valence-corrected chi connectivity index (χ1v) is 4.96. The molecule has 0 aromatic heterocycles. The molecule has 8 heteroatoms. The number of hydrogen-bond donors (Lipinski definition) is 1. The molecule has 0 saturated carbocycles. The van der Waals surface area contributed by atoms with E-state index in [1.807, 2.05) is 0 Å². The van der Waals surface area contributed by atoms with Crippen molar-refractivity contribution in [2.75, 3.05) is 6.54 Å². The Kier molecular flexibility index (Phi) is 4.33. The Bertz CT molecular complexity index is 534. The molecule has 0 spiro atoms. The van der Waals surface area contributed by atoms with Gasteiger partial charge in [-0.15, -0.1) is 0 Å². The number of amides is 1. The van der Waals surface area contributed by atoms with E-state index in [4.69, 9.17) is 11.6 Å².